The van der Waals surface area contributed by atoms with Crippen molar-refractivity contribution in [3.05, 3.63) is 23.5 Å². The molecule has 0 aromatic carbocycles. The number of nitrogens with zero attached hydrogens (tertiary/aromatic N) is 3. The van der Waals surface area contributed by atoms with Crippen molar-refractivity contribution in [3.8, 4) is 6.07 Å². The second kappa shape index (κ2) is 6.31. The van der Waals surface area contributed by atoms with Crippen molar-refractivity contribution in [1.29, 1.82) is 5.26 Å². The van der Waals surface area contributed by atoms with E-state index in [1.165, 1.54) is 32.5 Å². The molecule has 5 heteroatoms. The molecule has 2 aliphatic rings. The van der Waals surface area contributed by atoms with Crippen molar-refractivity contribution in [1.82, 2.24) is 14.8 Å². The van der Waals surface area contributed by atoms with Crippen LogP contribution >= 0.6 is 0 Å². The highest BCUT2D eigenvalue weighted by molar-refractivity contribution is 5.92. The van der Waals surface area contributed by atoms with Gasteiger partial charge in [-0.15, -0.1) is 0 Å². The molecule has 0 spiro atoms. The number of H-pyrrole nitrogens is 1. The minimum absolute atomic E-state index is 0.0242. The number of hydrogen-bond donors (Lipinski definition) is 1. The molecule has 1 aromatic heterocycles. The molecule has 112 valence electrons. The number of amides is 1. The lowest BCUT2D eigenvalue weighted by Gasteiger charge is -2.33. The Morgan fingerprint density at radius 2 is 2.00 bits per heavy atom. The summed E-state index contributed by atoms with van der Waals surface area (Å²) >= 11 is 0. The van der Waals surface area contributed by atoms with Gasteiger partial charge in [-0.25, -0.2) is 0 Å². The Morgan fingerprint density at radius 3 is 2.62 bits per heavy atom. The third-order valence-corrected chi connectivity index (χ3v) is 4.66. The molecule has 0 unspecified atom stereocenters. The van der Waals surface area contributed by atoms with Crippen molar-refractivity contribution in [2.45, 2.75) is 25.7 Å². The van der Waals surface area contributed by atoms with Gasteiger partial charge in [0, 0.05) is 25.8 Å². The van der Waals surface area contributed by atoms with Gasteiger partial charge in [0.2, 0.25) is 0 Å². The van der Waals surface area contributed by atoms with Crippen molar-refractivity contribution >= 4 is 5.91 Å². The molecule has 2 aliphatic heterocycles. The fraction of sp³-hybridized carbons (Fsp3) is 0.625. The summed E-state index contributed by atoms with van der Waals surface area (Å²) in [5.41, 5.74) is 1.05. The fourth-order valence-corrected chi connectivity index (χ4v) is 3.40. The van der Waals surface area contributed by atoms with Crippen LogP contribution in [0, 0.1) is 17.2 Å². The zero-order valence-electron chi connectivity index (χ0n) is 12.3. The number of aromatic nitrogens is 1. The van der Waals surface area contributed by atoms with Crippen LogP contribution in [0.4, 0.5) is 0 Å². The molecule has 2 fully saturated rings. The number of nitriles is 1. The highest BCUT2D eigenvalue weighted by Crippen LogP contribution is 2.21. The molecule has 3 rings (SSSR count). The first-order valence-electron chi connectivity index (χ1n) is 7.86. The molecule has 1 aromatic rings. The number of aromatic amines is 1. The maximum absolute atomic E-state index is 12.4. The predicted molar refractivity (Wildman–Crippen MR) is 79.8 cm³/mol. The Morgan fingerprint density at radius 1 is 1.29 bits per heavy atom. The first-order valence-corrected chi connectivity index (χ1v) is 7.86. The number of hydrogen-bond acceptors (Lipinski definition) is 3. The Bertz CT molecular complexity index is 531. The number of carbonyl (C=O) groups is 1. The molecule has 3 heterocycles. The number of carbonyl (C=O) groups excluding carboxylic acids is 1. The van der Waals surface area contributed by atoms with Gasteiger partial charge < -0.3 is 14.8 Å². The topological polar surface area (TPSA) is 63.1 Å². The van der Waals surface area contributed by atoms with Gasteiger partial charge in [-0.2, -0.15) is 5.26 Å². The van der Waals surface area contributed by atoms with Crippen LogP contribution in [0.3, 0.4) is 0 Å². The first-order chi connectivity index (χ1) is 10.3. The van der Waals surface area contributed by atoms with Crippen molar-refractivity contribution in [2.75, 3.05) is 32.7 Å². The Kier molecular flexibility index (Phi) is 4.26. The Labute approximate surface area is 125 Å². The molecule has 0 atom stereocenters. The molecule has 1 amide bonds. The molecule has 0 saturated carbocycles. The van der Waals surface area contributed by atoms with Crippen molar-refractivity contribution < 1.29 is 4.79 Å². The summed E-state index contributed by atoms with van der Waals surface area (Å²) in [6.45, 7) is 5.36. The van der Waals surface area contributed by atoms with Gasteiger partial charge in [0.25, 0.3) is 5.91 Å². The normalized spacial score (nSPS) is 20.6. The average Bonchev–Trinajstić information content (AvgIpc) is 3.18. The monoisotopic (exact) mass is 286 g/mol. The summed E-state index contributed by atoms with van der Waals surface area (Å²) < 4.78 is 0. The number of nitrogens with one attached hydrogen (secondary N) is 1. The lowest BCUT2D eigenvalue weighted by atomic mass is 9.96. The molecule has 1 N–H and O–H groups in total. The minimum Gasteiger partial charge on any atom is -0.356 e. The molecule has 0 bridgehead atoms. The van der Waals surface area contributed by atoms with E-state index in [0.29, 0.717) is 11.3 Å². The van der Waals surface area contributed by atoms with Crippen molar-refractivity contribution in [2.24, 2.45) is 5.92 Å². The molecule has 0 aliphatic carbocycles. The zero-order chi connectivity index (χ0) is 14.7. The number of likely N-dealkylation sites (tertiary alicyclic amines) is 2. The number of piperidine rings is 1. The average molecular weight is 286 g/mol. The second-order valence-corrected chi connectivity index (χ2v) is 6.16. The van der Waals surface area contributed by atoms with E-state index in [9.17, 15) is 4.79 Å². The van der Waals surface area contributed by atoms with Crippen LogP contribution in [-0.4, -0.2) is 53.4 Å². The van der Waals surface area contributed by atoms with Crippen LogP contribution in [0.1, 0.15) is 41.7 Å². The van der Waals surface area contributed by atoms with E-state index in [-0.39, 0.29) is 5.91 Å². The second-order valence-electron chi connectivity index (χ2n) is 6.16. The van der Waals surface area contributed by atoms with Crippen LogP contribution in [0.15, 0.2) is 12.3 Å². The third-order valence-electron chi connectivity index (χ3n) is 4.66. The molecular formula is C16H22N4O. The summed E-state index contributed by atoms with van der Waals surface area (Å²) in [5, 5.41) is 8.81. The van der Waals surface area contributed by atoms with Gasteiger partial charge in [-0.05, 0) is 50.8 Å². The van der Waals surface area contributed by atoms with Gasteiger partial charge in [-0.1, -0.05) is 0 Å². The lowest BCUT2D eigenvalue weighted by molar-refractivity contribution is 0.0668. The standard InChI is InChI=1S/C16H22N4O/c17-10-14-9-15(18-11-14)16(21)20-7-3-13(4-8-20)12-19-5-1-2-6-19/h9,11,13,18H,1-8,12H2. The summed E-state index contributed by atoms with van der Waals surface area (Å²) in [6.07, 6.45) is 6.45. The van der Waals surface area contributed by atoms with Crippen molar-refractivity contribution in [3.63, 3.8) is 0 Å². The van der Waals surface area contributed by atoms with Gasteiger partial charge in [0.1, 0.15) is 11.8 Å². The minimum atomic E-state index is 0.0242. The summed E-state index contributed by atoms with van der Waals surface area (Å²) in [7, 11) is 0. The summed E-state index contributed by atoms with van der Waals surface area (Å²) in [6, 6.07) is 3.68. The smallest absolute Gasteiger partial charge is 0.270 e. The Hall–Kier alpha value is -1.80. The maximum atomic E-state index is 12.4. The van der Waals surface area contributed by atoms with E-state index in [1.807, 2.05) is 11.0 Å². The highest BCUT2D eigenvalue weighted by atomic mass is 16.2. The largest absolute Gasteiger partial charge is 0.356 e. The summed E-state index contributed by atoms with van der Waals surface area (Å²) in [4.78, 5) is 19.7. The highest BCUT2D eigenvalue weighted by Gasteiger charge is 2.26. The lowest BCUT2D eigenvalue weighted by Crippen LogP contribution is -2.41. The molecular weight excluding hydrogens is 264 g/mol. The van der Waals surface area contributed by atoms with E-state index >= 15 is 0 Å². The van der Waals surface area contributed by atoms with E-state index in [2.05, 4.69) is 9.88 Å². The number of rotatable bonds is 3. The van der Waals surface area contributed by atoms with Gasteiger partial charge in [0.05, 0.1) is 5.56 Å². The molecule has 2 saturated heterocycles. The van der Waals surface area contributed by atoms with Crippen LogP contribution in [0.2, 0.25) is 0 Å². The van der Waals surface area contributed by atoms with Gasteiger partial charge >= 0.3 is 0 Å². The van der Waals surface area contributed by atoms with Gasteiger partial charge in [-0.3, -0.25) is 4.79 Å². The molecule has 21 heavy (non-hydrogen) atoms. The van der Waals surface area contributed by atoms with Crippen LogP contribution in [0.5, 0.6) is 0 Å². The molecule has 5 nitrogen and oxygen atoms in total. The molecule has 0 radical (unpaired) electrons. The first kappa shape index (κ1) is 14.2. The Balaban J connectivity index is 1.50. The third kappa shape index (κ3) is 3.27. The van der Waals surface area contributed by atoms with Gasteiger partial charge in [0.15, 0.2) is 0 Å². The van der Waals surface area contributed by atoms with E-state index < -0.39 is 0 Å². The van der Waals surface area contributed by atoms with E-state index in [1.54, 1.807) is 12.3 Å². The SMILES string of the molecule is N#Cc1c[nH]c(C(=O)N2CCC(CN3CCCC3)CC2)c1. The predicted octanol–water partition coefficient (Wildman–Crippen LogP) is 1.83. The maximum Gasteiger partial charge on any atom is 0.270 e. The van der Waals surface area contributed by atoms with Crippen LogP contribution in [0.25, 0.3) is 0 Å². The zero-order valence-corrected chi connectivity index (χ0v) is 12.3. The quantitative estimate of drug-likeness (QED) is 0.922. The van der Waals surface area contributed by atoms with E-state index in [4.69, 9.17) is 5.26 Å². The van der Waals surface area contributed by atoms with E-state index in [0.717, 1.165) is 31.8 Å². The van der Waals surface area contributed by atoms with Crippen LogP contribution in [-0.2, 0) is 0 Å². The summed E-state index contributed by atoms with van der Waals surface area (Å²) in [5.74, 6) is 0.751. The van der Waals surface area contributed by atoms with Crippen LogP contribution < -0.4 is 0 Å². The fourth-order valence-electron chi connectivity index (χ4n) is 3.40.